The summed E-state index contributed by atoms with van der Waals surface area (Å²) in [5, 5.41) is 0.731. The number of benzene rings is 2. The van der Waals surface area contributed by atoms with Crippen LogP contribution in [0, 0.1) is 11.7 Å². The van der Waals surface area contributed by atoms with Gasteiger partial charge < -0.3 is 19.4 Å². The van der Waals surface area contributed by atoms with Crippen LogP contribution in [0.2, 0.25) is 10.0 Å². The van der Waals surface area contributed by atoms with Crippen LogP contribution in [0.4, 0.5) is 28.2 Å². The highest BCUT2D eigenvalue weighted by atomic mass is 35.5. The van der Waals surface area contributed by atoms with E-state index in [0.29, 0.717) is 48.3 Å². The molecule has 0 saturated carbocycles. The molecule has 2 atom stereocenters. The number of likely N-dealkylation sites (tertiary alicyclic amines) is 1. The van der Waals surface area contributed by atoms with Crippen LogP contribution in [0.5, 0.6) is 5.75 Å². The predicted molar refractivity (Wildman–Crippen MR) is 154 cm³/mol. The summed E-state index contributed by atoms with van der Waals surface area (Å²) in [7, 11) is 1.59. The minimum atomic E-state index is -4.46. The number of amides is 2. The average Bonchev–Trinajstić information content (AvgIpc) is 3.44. The molecule has 2 aliphatic rings. The lowest BCUT2D eigenvalue weighted by Crippen LogP contribution is -2.45. The quantitative estimate of drug-likeness (QED) is 0.285. The molecule has 2 amide bonds. The summed E-state index contributed by atoms with van der Waals surface area (Å²) in [6, 6.07) is 12.2. The van der Waals surface area contributed by atoms with Gasteiger partial charge in [-0.3, -0.25) is 4.79 Å². The summed E-state index contributed by atoms with van der Waals surface area (Å²) in [5.41, 5.74) is -0.00715. The summed E-state index contributed by atoms with van der Waals surface area (Å²) in [6.45, 7) is 1.51. The van der Waals surface area contributed by atoms with E-state index in [1.165, 1.54) is 35.2 Å². The Morgan fingerprint density at radius 3 is 2.28 bits per heavy atom. The van der Waals surface area contributed by atoms with Crippen LogP contribution >= 0.6 is 23.2 Å². The van der Waals surface area contributed by atoms with Crippen molar-refractivity contribution in [2.24, 2.45) is 5.92 Å². The number of likely N-dealkylation sites (N-methyl/N-ethyl adjacent to an activating group) is 1. The first-order chi connectivity index (χ1) is 20.4. The van der Waals surface area contributed by atoms with Crippen LogP contribution in [0.3, 0.4) is 0 Å². The molecule has 0 N–H and O–H groups in total. The van der Waals surface area contributed by atoms with E-state index >= 15 is 0 Å². The van der Waals surface area contributed by atoms with Crippen LogP contribution in [0.25, 0.3) is 0 Å². The van der Waals surface area contributed by atoms with Crippen molar-refractivity contribution in [2.75, 3.05) is 38.1 Å². The molecule has 0 radical (unpaired) electrons. The van der Waals surface area contributed by atoms with Gasteiger partial charge in [-0.05, 0) is 66.9 Å². The van der Waals surface area contributed by atoms with Gasteiger partial charge >= 0.3 is 12.3 Å². The number of carbonyl (C=O) groups is 2. The number of alkyl halides is 3. The highest BCUT2D eigenvalue weighted by Gasteiger charge is 2.42. The minimum Gasteiger partial charge on any atom is -0.410 e. The maximum Gasteiger partial charge on any atom is 0.417 e. The Morgan fingerprint density at radius 1 is 0.977 bits per heavy atom. The summed E-state index contributed by atoms with van der Waals surface area (Å²) >= 11 is 12.4. The van der Waals surface area contributed by atoms with Crippen molar-refractivity contribution < 1.29 is 31.9 Å². The molecular formula is C30H28Cl2F4N4O3. The molecule has 0 spiro atoms. The zero-order valence-corrected chi connectivity index (χ0v) is 24.5. The first-order valence-corrected chi connectivity index (χ1v) is 14.4. The Balaban J connectivity index is 1.28. The van der Waals surface area contributed by atoms with Gasteiger partial charge in [0.1, 0.15) is 17.4 Å². The summed E-state index contributed by atoms with van der Waals surface area (Å²) in [6.07, 6.45) is -3.30. The zero-order valence-electron chi connectivity index (χ0n) is 23.0. The number of anilines is 1. The molecule has 2 aromatic carbocycles. The van der Waals surface area contributed by atoms with Gasteiger partial charge in [-0.15, -0.1) is 0 Å². The van der Waals surface area contributed by atoms with Gasteiger partial charge in [0.25, 0.3) is 0 Å². The first kappa shape index (κ1) is 30.9. The lowest BCUT2D eigenvalue weighted by molar-refractivity contribution is -0.138. The monoisotopic (exact) mass is 638 g/mol. The number of carbonyl (C=O) groups excluding carboxylic acids is 2. The van der Waals surface area contributed by atoms with E-state index in [1.807, 2.05) is 11.0 Å². The molecule has 3 heterocycles. The second-order valence-corrected chi connectivity index (χ2v) is 11.5. The van der Waals surface area contributed by atoms with Gasteiger partial charge in [-0.1, -0.05) is 29.3 Å². The second kappa shape index (κ2) is 12.6. The van der Waals surface area contributed by atoms with Crippen LogP contribution in [-0.4, -0.2) is 66.1 Å². The van der Waals surface area contributed by atoms with Crippen molar-refractivity contribution in [3.8, 4) is 5.75 Å². The van der Waals surface area contributed by atoms with E-state index in [1.54, 1.807) is 24.1 Å². The topological polar surface area (TPSA) is 66.0 Å². The van der Waals surface area contributed by atoms with E-state index in [2.05, 4.69) is 4.98 Å². The SMILES string of the molecule is CN(C(=O)Oc1ccc(F)cc1)[C@@H]1CN(C(=O)C2CCN(c3ccc(C(F)(F)F)cn3)CC2)C[C@H]1c1ccc(Cl)c(Cl)c1. The molecule has 2 saturated heterocycles. The summed E-state index contributed by atoms with van der Waals surface area (Å²) in [4.78, 5) is 35.8. The van der Waals surface area contributed by atoms with Gasteiger partial charge in [0.15, 0.2) is 0 Å². The number of hydrogen-bond acceptors (Lipinski definition) is 5. The molecule has 0 bridgehead atoms. The largest absolute Gasteiger partial charge is 0.417 e. The van der Waals surface area contributed by atoms with Crippen LogP contribution in [0.15, 0.2) is 60.8 Å². The molecule has 7 nitrogen and oxygen atoms in total. The standard InChI is InChI=1S/C30H28Cl2F4N4O3/c1-38(29(42)43-22-6-4-21(33)5-7-22)26-17-40(16-23(26)19-2-8-24(31)25(32)14-19)28(41)18-10-12-39(13-11-18)27-9-3-20(15-37-27)30(34,35)36/h2-9,14-15,18,23,26H,10-13,16-17H2,1H3/t23-,26+/m0/s1. The fraction of sp³-hybridized carbons (Fsp3) is 0.367. The highest BCUT2D eigenvalue weighted by Crippen LogP contribution is 2.36. The van der Waals surface area contributed by atoms with Gasteiger partial charge in [-0.25, -0.2) is 14.2 Å². The molecule has 0 unspecified atom stereocenters. The molecule has 3 aromatic rings. The number of aromatic nitrogens is 1. The second-order valence-electron chi connectivity index (χ2n) is 10.7. The van der Waals surface area contributed by atoms with Crippen molar-refractivity contribution in [3.63, 3.8) is 0 Å². The molecule has 43 heavy (non-hydrogen) atoms. The fourth-order valence-electron chi connectivity index (χ4n) is 5.59. The molecule has 13 heteroatoms. The third-order valence-electron chi connectivity index (χ3n) is 8.02. The third-order valence-corrected chi connectivity index (χ3v) is 8.76. The van der Waals surface area contributed by atoms with Crippen LogP contribution in [-0.2, 0) is 11.0 Å². The number of piperidine rings is 1. The van der Waals surface area contributed by atoms with Crippen LogP contribution in [0.1, 0.15) is 29.9 Å². The predicted octanol–water partition coefficient (Wildman–Crippen LogP) is 6.89. The Bertz CT molecular complexity index is 1470. The Kier molecular flexibility index (Phi) is 9.03. The first-order valence-electron chi connectivity index (χ1n) is 13.6. The summed E-state index contributed by atoms with van der Waals surface area (Å²) in [5.74, 6) is -0.492. The zero-order chi connectivity index (χ0) is 30.9. The van der Waals surface area contributed by atoms with Crippen molar-refractivity contribution in [2.45, 2.75) is 31.0 Å². The third kappa shape index (κ3) is 6.99. The van der Waals surface area contributed by atoms with Crippen molar-refractivity contribution >= 4 is 41.0 Å². The maximum atomic E-state index is 13.7. The molecule has 1 aromatic heterocycles. The van der Waals surface area contributed by atoms with Gasteiger partial charge in [0.05, 0.1) is 21.7 Å². The van der Waals surface area contributed by atoms with Crippen LogP contribution < -0.4 is 9.64 Å². The number of nitrogens with zero attached hydrogens (tertiary/aromatic N) is 4. The van der Waals surface area contributed by atoms with Gasteiger partial charge in [-0.2, -0.15) is 13.2 Å². The van der Waals surface area contributed by atoms with Gasteiger partial charge in [0.2, 0.25) is 5.91 Å². The minimum absolute atomic E-state index is 0.0621. The molecule has 2 aliphatic heterocycles. The Labute approximate surface area is 255 Å². The van der Waals surface area contributed by atoms with E-state index in [0.717, 1.165) is 17.8 Å². The smallest absolute Gasteiger partial charge is 0.410 e. The van der Waals surface area contributed by atoms with Gasteiger partial charge in [0, 0.05) is 51.3 Å². The number of ether oxygens (including phenoxy) is 1. The Hall–Kier alpha value is -3.57. The normalized spacial score (nSPS) is 19.4. The van der Waals surface area contributed by atoms with Crippen molar-refractivity contribution in [1.29, 1.82) is 0 Å². The number of pyridine rings is 1. The molecule has 0 aliphatic carbocycles. The summed E-state index contributed by atoms with van der Waals surface area (Å²) < 4.78 is 57.5. The molecular weight excluding hydrogens is 611 g/mol. The Morgan fingerprint density at radius 2 is 1.67 bits per heavy atom. The molecule has 228 valence electrons. The highest BCUT2D eigenvalue weighted by molar-refractivity contribution is 6.42. The number of rotatable bonds is 5. The van der Waals surface area contributed by atoms with E-state index in [9.17, 15) is 27.2 Å². The van der Waals surface area contributed by atoms with E-state index in [4.69, 9.17) is 27.9 Å². The molecule has 5 rings (SSSR count). The van der Waals surface area contributed by atoms with E-state index < -0.39 is 29.7 Å². The number of hydrogen-bond donors (Lipinski definition) is 0. The number of halogens is 6. The lowest BCUT2D eigenvalue weighted by atomic mass is 9.93. The van der Waals surface area contributed by atoms with Crippen molar-refractivity contribution in [3.05, 3.63) is 87.8 Å². The van der Waals surface area contributed by atoms with Crippen molar-refractivity contribution in [1.82, 2.24) is 14.8 Å². The lowest BCUT2D eigenvalue weighted by Gasteiger charge is -2.34. The average molecular weight is 639 g/mol. The fourth-order valence-corrected chi connectivity index (χ4v) is 5.90. The maximum absolute atomic E-state index is 13.7. The molecule has 2 fully saturated rings. The van der Waals surface area contributed by atoms with E-state index in [-0.39, 0.29) is 30.0 Å².